The van der Waals surface area contributed by atoms with Crippen molar-refractivity contribution in [2.75, 3.05) is 11.1 Å². The Bertz CT molecular complexity index is 1060. The lowest BCUT2D eigenvalue weighted by Crippen LogP contribution is -2.12. The van der Waals surface area contributed by atoms with E-state index in [0.717, 1.165) is 5.69 Å². The van der Waals surface area contributed by atoms with E-state index in [4.69, 9.17) is 8.94 Å². The van der Waals surface area contributed by atoms with Crippen molar-refractivity contribution in [3.63, 3.8) is 0 Å². The molecule has 8 nitrogen and oxygen atoms in total. The van der Waals surface area contributed by atoms with Crippen molar-refractivity contribution < 1.29 is 13.7 Å². The summed E-state index contributed by atoms with van der Waals surface area (Å²) in [6.45, 7) is 1.77. The summed E-state index contributed by atoms with van der Waals surface area (Å²) in [5.74, 6) is 2.69. The molecule has 4 aromatic rings. The molecule has 1 N–H and O–H groups in total. The molecular weight excluding hydrogens is 378 g/mol. The number of para-hydroxylation sites is 1. The molecule has 3 aromatic heterocycles. The highest BCUT2D eigenvalue weighted by Crippen LogP contribution is 2.28. The minimum Gasteiger partial charge on any atom is -0.461 e. The molecule has 0 aliphatic carbocycles. The molecule has 0 aliphatic rings. The number of hydrogen-bond acceptors (Lipinski definition) is 7. The van der Waals surface area contributed by atoms with Crippen molar-refractivity contribution in [3.8, 4) is 17.3 Å². The second-order valence-corrected chi connectivity index (χ2v) is 6.99. The molecule has 1 amide bonds. The highest BCUT2D eigenvalue weighted by Gasteiger charge is 2.18. The Balaban J connectivity index is 1.48. The Morgan fingerprint density at radius 1 is 1.18 bits per heavy atom. The first-order valence-corrected chi connectivity index (χ1v) is 9.60. The number of rotatable bonds is 7. The number of nitrogens with zero attached hydrogens (tertiary/aromatic N) is 4. The van der Waals surface area contributed by atoms with Crippen LogP contribution >= 0.6 is 11.8 Å². The van der Waals surface area contributed by atoms with E-state index in [-0.39, 0.29) is 5.91 Å². The third-order valence-electron chi connectivity index (χ3n) is 3.85. The smallest absolute Gasteiger partial charge is 0.226 e. The molecule has 0 aliphatic heterocycles. The molecular formula is C19H17N5O3S. The third-order valence-corrected chi connectivity index (χ3v) is 4.78. The van der Waals surface area contributed by atoms with Crippen molar-refractivity contribution in [1.82, 2.24) is 19.9 Å². The van der Waals surface area contributed by atoms with Gasteiger partial charge in [-0.25, -0.2) is 0 Å². The first-order chi connectivity index (χ1) is 13.7. The van der Waals surface area contributed by atoms with Crippen LogP contribution in [0.25, 0.3) is 17.3 Å². The topological polar surface area (TPSA) is 99.0 Å². The number of carbonyl (C=O) groups excluding carboxylic acids is 1. The number of aromatic nitrogens is 4. The number of amides is 1. The zero-order valence-corrected chi connectivity index (χ0v) is 15.8. The van der Waals surface area contributed by atoms with Gasteiger partial charge < -0.3 is 14.3 Å². The first-order valence-electron chi connectivity index (χ1n) is 8.61. The fourth-order valence-corrected chi connectivity index (χ4v) is 3.49. The number of anilines is 1. The maximum Gasteiger partial charge on any atom is 0.226 e. The molecule has 0 atom stereocenters. The van der Waals surface area contributed by atoms with E-state index in [1.54, 1.807) is 19.3 Å². The molecule has 0 bridgehead atoms. The van der Waals surface area contributed by atoms with Crippen molar-refractivity contribution in [2.24, 2.45) is 0 Å². The Morgan fingerprint density at radius 2 is 2.04 bits per heavy atom. The van der Waals surface area contributed by atoms with Crippen LogP contribution < -0.4 is 5.32 Å². The molecule has 0 saturated carbocycles. The van der Waals surface area contributed by atoms with Gasteiger partial charge in [-0.3, -0.25) is 9.36 Å². The molecule has 1 aromatic carbocycles. The third kappa shape index (κ3) is 3.99. The van der Waals surface area contributed by atoms with E-state index in [1.165, 1.54) is 11.8 Å². The van der Waals surface area contributed by atoms with E-state index in [2.05, 4.69) is 20.7 Å². The molecule has 142 valence electrons. The van der Waals surface area contributed by atoms with Gasteiger partial charge in [0.05, 0.1) is 6.26 Å². The van der Waals surface area contributed by atoms with Crippen molar-refractivity contribution in [1.29, 1.82) is 0 Å². The fourth-order valence-electron chi connectivity index (χ4n) is 2.60. The lowest BCUT2D eigenvalue weighted by atomic mass is 10.3. The van der Waals surface area contributed by atoms with Crippen molar-refractivity contribution in [3.05, 3.63) is 60.6 Å². The second kappa shape index (κ2) is 8.13. The van der Waals surface area contributed by atoms with Crippen LogP contribution in [-0.4, -0.2) is 31.6 Å². The van der Waals surface area contributed by atoms with Gasteiger partial charge in [0.2, 0.25) is 11.7 Å². The van der Waals surface area contributed by atoms with Gasteiger partial charge in [-0.1, -0.05) is 35.1 Å². The summed E-state index contributed by atoms with van der Waals surface area (Å²) in [6, 6.07) is 15.1. The molecule has 28 heavy (non-hydrogen) atoms. The summed E-state index contributed by atoms with van der Waals surface area (Å²) in [7, 11) is 0. The van der Waals surface area contributed by atoms with E-state index < -0.39 is 0 Å². The molecule has 0 radical (unpaired) electrons. The summed E-state index contributed by atoms with van der Waals surface area (Å²) < 4.78 is 12.4. The van der Waals surface area contributed by atoms with Gasteiger partial charge in [0.15, 0.2) is 16.7 Å². The van der Waals surface area contributed by atoms with E-state index in [9.17, 15) is 4.79 Å². The van der Waals surface area contributed by atoms with E-state index >= 15 is 0 Å². The largest absolute Gasteiger partial charge is 0.461 e. The average molecular weight is 395 g/mol. The van der Waals surface area contributed by atoms with Crippen LogP contribution in [0.3, 0.4) is 0 Å². The highest BCUT2D eigenvalue weighted by atomic mass is 32.2. The number of hydrogen-bond donors (Lipinski definition) is 1. The maximum absolute atomic E-state index is 12.1. The monoisotopic (exact) mass is 395 g/mol. The van der Waals surface area contributed by atoms with Crippen molar-refractivity contribution >= 4 is 23.5 Å². The minimum absolute atomic E-state index is 0.141. The predicted molar refractivity (Wildman–Crippen MR) is 104 cm³/mol. The predicted octanol–water partition coefficient (Wildman–Crippen LogP) is 3.94. The Labute approximate surface area is 164 Å². The summed E-state index contributed by atoms with van der Waals surface area (Å²) in [4.78, 5) is 12.1. The fraction of sp³-hybridized carbons (Fsp3) is 0.158. The van der Waals surface area contributed by atoms with Crippen LogP contribution in [0.4, 0.5) is 5.82 Å². The van der Waals surface area contributed by atoms with E-state index in [1.807, 2.05) is 47.0 Å². The Hall–Kier alpha value is -3.33. The SMILES string of the molecule is Cc1cc(NC(=O)CCSc2nnc(-c3ccco3)n2-c2ccccc2)no1. The molecule has 9 heteroatoms. The van der Waals surface area contributed by atoms with Crippen LogP contribution in [0.1, 0.15) is 12.2 Å². The van der Waals surface area contributed by atoms with Crippen molar-refractivity contribution in [2.45, 2.75) is 18.5 Å². The van der Waals surface area contributed by atoms with Crippen LogP contribution in [0, 0.1) is 6.92 Å². The minimum atomic E-state index is -0.141. The second-order valence-electron chi connectivity index (χ2n) is 5.92. The van der Waals surface area contributed by atoms with Gasteiger partial charge in [-0.15, -0.1) is 10.2 Å². The van der Waals surface area contributed by atoms with Gasteiger partial charge in [-0.2, -0.15) is 0 Å². The Morgan fingerprint density at radius 3 is 2.75 bits per heavy atom. The molecule has 0 fully saturated rings. The molecule has 4 rings (SSSR count). The lowest BCUT2D eigenvalue weighted by molar-refractivity contribution is -0.115. The van der Waals surface area contributed by atoms with Crippen LogP contribution in [0.2, 0.25) is 0 Å². The Kier molecular flexibility index (Phi) is 5.24. The highest BCUT2D eigenvalue weighted by molar-refractivity contribution is 7.99. The number of carbonyl (C=O) groups is 1. The first kappa shape index (κ1) is 18.1. The molecule has 0 unspecified atom stereocenters. The zero-order valence-electron chi connectivity index (χ0n) is 15.0. The number of benzene rings is 1. The van der Waals surface area contributed by atoms with Crippen LogP contribution in [0.5, 0.6) is 0 Å². The van der Waals surface area contributed by atoms with Gasteiger partial charge in [0.25, 0.3) is 0 Å². The number of aryl methyl sites for hydroxylation is 1. The number of furan rings is 1. The average Bonchev–Trinajstić information content (AvgIpc) is 3.43. The molecule has 3 heterocycles. The molecule has 0 spiro atoms. The quantitative estimate of drug-likeness (QED) is 0.473. The summed E-state index contributed by atoms with van der Waals surface area (Å²) in [6.07, 6.45) is 1.90. The molecule has 0 saturated heterocycles. The summed E-state index contributed by atoms with van der Waals surface area (Å²) in [5, 5.41) is 15.7. The van der Waals surface area contributed by atoms with Gasteiger partial charge in [0, 0.05) is 23.9 Å². The maximum atomic E-state index is 12.1. The van der Waals surface area contributed by atoms with Gasteiger partial charge in [-0.05, 0) is 31.2 Å². The lowest BCUT2D eigenvalue weighted by Gasteiger charge is -2.08. The summed E-state index contributed by atoms with van der Waals surface area (Å²) in [5.41, 5.74) is 0.920. The normalized spacial score (nSPS) is 10.9. The van der Waals surface area contributed by atoms with Gasteiger partial charge >= 0.3 is 0 Å². The zero-order chi connectivity index (χ0) is 19.3. The number of nitrogens with one attached hydrogen (secondary N) is 1. The summed E-state index contributed by atoms with van der Waals surface area (Å²) >= 11 is 1.45. The van der Waals surface area contributed by atoms with Gasteiger partial charge in [0.1, 0.15) is 5.76 Å². The number of thioether (sulfide) groups is 1. The standard InChI is InChI=1S/C19H17N5O3S/c1-13-12-16(23-27-13)20-17(25)9-11-28-19-22-21-18(15-8-5-10-26-15)24(19)14-6-3-2-4-7-14/h2-8,10,12H,9,11H2,1H3,(H,20,23,25). The van der Waals surface area contributed by atoms with Crippen LogP contribution in [0.15, 0.2) is 68.9 Å². The van der Waals surface area contributed by atoms with E-state index in [0.29, 0.717) is 40.5 Å². The van der Waals surface area contributed by atoms with Crippen LogP contribution in [-0.2, 0) is 4.79 Å².